The van der Waals surface area contributed by atoms with E-state index in [1.165, 1.54) is 11.5 Å². The van der Waals surface area contributed by atoms with E-state index in [1.807, 2.05) is 18.0 Å². The van der Waals surface area contributed by atoms with Crippen LogP contribution in [0.4, 0.5) is 5.82 Å². The van der Waals surface area contributed by atoms with E-state index in [0.717, 1.165) is 38.4 Å². The molecule has 1 unspecified atom stereocenters. The van der Waals surface area contributed by atoms with Gasteiger partial charge >= 0.3 is 0 Å². The first-order chi connectivity index (χ1) is 8.92. The molecule has 0 radical (unpaired) electrons. The van der Waals surface area contributed by atoms with Crippen LogP contribution in [0, 0.1) is 0 Å². The first-order valence-electron chi connectivity index (χ1n) is 6.44. The van der Waals surface area contributed by atoms with Crippen LogP contribution in [0.3, 0.4) is 0 Å². The van der Waals surface area contributed by atoms with E-state index in [1.54, 1.807) is 6.20 Å². The van der Waals surface area contributed by atoms with Gasteiger partial charge in [-0.25, -0.2) is 0 Å². The Hall–Kier alpha value is -1.01. The zero-order valence-corrected chi connectivity index (χ0v) is 11.2. The number of hydrogen-bond donors (Lipinski definition) is 1. The summed E-state index contributed by atoms with van der Waals surface area (Å²) in [5, 5.41) is 3.28. The molecule has 1 aromatic rings. The van der Waals surface area contributed by atoms with Crippen LogP contribution in [-0.2, 0) is 0 Å². The maximum atomic E-state index is 5.84. The number of rotatable bonds is 3. The molecule has 0 aliphatic carbocycles. The Morgan fingerprint density at radius 1 is 1.33 bits per heavy atom. The number of nitrogens with zero attached hydrogens (tertiary/aromatic N) is 3. The second kappa shape index (κ2) is 5.75. The summed E-state index contributed by atoms with van der Waals surface area (Å²) in [6.45, 7) is 4.04. The predicted octanol–water partition coefficient (Wildman–Crippen LogP) is 0.770. The first-order valence-corrected chi connectivity index (χ1v) is 7.59. The van der Waals surface area contributed by atoms with Crippen LogP contribution in [0.2, 0.25) is 0 Å². The van der Waals surface area contributed by atoms with Crippen molar-refractivity contribution in [1.82, 2.24) is 15.3 Å². The second-order valence-electron chi connectivity index (χ2n) is 4.55. The first kappa shape index (κ1) is 12.0. The molecule has 0 spiro atoms. The molecular formula is C12H18N4OS. The van der Waals surface area contributed by atoms with Gasteiger partial charge in [0.25, 0.3) is 0 Å². The van der Waals surface area contributed by atoms with Crippen LogP contribution in [0.1, 0.15) is 6.42 Å². The fourth-order valence-electron chi connectivity index (χ4n) is 2.24. The van der Waals surface area contributed by atoms with Gasteiger partial charge in [-0.1, -0.05) is 0 Å². The van der Waals surface area contributed by atoms with Crippen LogP contribution in [0.15, 0.2) is 12.4 Å². The van der Waals surface area contributed by atoms with Gasteiger partial charge in [0.15, 0.2) is 5.82 Å². The quantitative estimate of drug-likeness (QED) is 0.872. The molecule has 2 aliphatic rings. The lowest BCUT2D eigenvalue weighted by atomic mass is 10.3. The number of nitrogens with one attached hydrogen (secondary N) is 1. The number of thioether (sulfide) groups is 1. The van der Waals surface area contributed by atoms with E-state index in [0.29, 0.717) is 5.88 Å². The van der Waals surface area contributed by atoms with Crippen molar-refractivity contribution < 1.29 is 4.74 Å². The molecule has 6 heteroatoms. The highest BCUT2D eigenvalue weighted by Crippen LogP contribution is 2.19. The molecule has 98 valence electrons. The fraction of sp³-hybridized carbons (Fsp3) is 0.667. The minimum Gasteiger partial charge on any atom is -0.472 e. The molecule has 18 heavy (non-hydrogen) atoms. The average molecular weight is 266 g/mol. The molecule has 0 bridgehead atoms. The third-order valence-corrected chi connectivity index (χ3v) is 4.18. The lowest BCUT2D eigenvalue weighted by Crippen LogP contribution is -2.33. The lowest BCUT2D eigenvalue weighted by Gasteiger charge is -2.27. The maximum absolute atomic E-state index is 5.84. The molecule has 0 amide bonds. The molecule has 0 aromatic carbocycles. The van der Waals surface area contributed by atoms with Gasteiger partial charge in [-0.2, -0.15) is 16.7 Å². The molecule has 2 aliphatic heterocycles. The molecule has 1 atom stereocenters. The molecule has 5 nitrogen and oxygen atoms in total. The topological polar surface area (TPSA) is 50.3 Å². The van der Waals surface area contributed by atoms with Gasteiger partial charge in [0.05, 0.1) is 12.4 Å². The van der Waals surface area contributed by atoms with Crippen molar-refractivity contribution in [2.45, 2.75) is 12.5 Å². The second-order valence-corrected chi connectivity index (χ2v) is 5.77. The molecule has 2 saturated heterocycles. The zero-order valence-electron chi connectivity index (χ0n) is 10.3. The minimum atomic E-state index is 0.242. The third-order valence-electron chi connectivity index (χ3n) is 3.24. The van der Waals surface area contributed by atoms with Crippen molar-refractivity contribution in [2.75, 3.05) is 42.6 Å². The summed E-state index contributed by atoms with van der Waals surface area (Å²) >= 11 is 1.99. The van der Waals surface area contributed by atoms with Gasteiger partial charge < -0.3 is 15.0 Å². The molecular weight excluding hydrogens is 248 g/mol. The molecule has 3 heterocycles. The van der Waals surface area contributed by atoms with Gasteiger partial charge in [0.1, 0.15) is 6.10 Å². The summed E-state index contributed by atoms with van der Waals surface area (Å²) in [5.41, 5.74) is 0. The van der Waals surface area contributed by atoms with Crippen LogP contribution in [-0.4, -0.2) is 53.8 Å². The lowest BCUT2D eigenvalue weighted by molar-refractivity contribution is 0.213. The largest absolute Gasteiger partial charge is 0.472 e. The summed E-state index contributed by atoms with van der Waals surface area (Å²) in [7, 11) is 0. The standard InChI is InChI=1S/C12H18N4OS/c1-2-13-7-10(1)17-12-9-14-8-11(15-12)16-3-5-18-6-4-16/h8-10,13H,1-7H2. The molecule has 3 rings (SSSR count). The summed E-state index contributed by atoms with van der Waals surface area (Å²) in [6, 6.07) is 0. The van der Waals surface area contributed by atoms with Crippen LogP contribution in [0.25, 0.3) is 0 Å². The van der Waals surface area contributed by atoms with E-state index in [9.17, 15) is 0 Å². The van der Waals surface area contributed by atoms with Crippen molar-refractivity contribution in [3.8, 4) is 5.88 Å². The van der Waals surface area contributed by atoms with Crippen molar-refractivity contribution >= 4 is 17.6 Å². The van der Waals surface area contributed by atoms with Gasteiger partial charge in [-0.3, -0.25) is 4.98 Å². The molecule has 1 aromatic heterocycles. The van der Waals surface area contributed by atoms with E-state index in [4.69, 9.17) is 4.74 Å². The Morgan fingerprint density at radius 2 is 2.22 bits per heavy atom. The Morgan fingerprint density at radius 3 is 3.00 bits per heavy atom. The Balaban J connectivity index is 1.67. The van der Waals surface area contributed by atoms with E-state index in [2.05, 4.69) is 20.2 Å². The zero-order chi connectivity index (χ0) is 12.2. The van der Waals surface area contributed by atoms with Gasteiger partial charge in [-0.05, 0) is 13.0 Å². The SMILES string of the molecule is c1ncc(N2CCSCC2)nc1OC1CCNC1. The Kier molecular flexibility index (Phi) is 3.85. The van der Waals surface area contributed by atoms with E-state index in [-0.39, 0.29) is 6.10 Å². The van der Waals surface area contributed by atoms with Crippen molar-refractivity contribution in [3.63, 3.8) is 0 Å². The van der Waals surface area contributed by atoms with Crippen molar-refractivity contribution in [1.29, 1.82) is 0 Å². The van der Waals surface area contributed by atoms with Gasteiger partial charge in [-0.15, -0.1) is 0 Å². The molecule has 2 fully saturated rings. The highest BCUT2D eigenvalue weighted by Gasteiger charge is 2.18. The summed E-state index contributed by atoms with van der Waals surface area (Å²) in [4.78, 5) is 11.1. The van der Waals surface area contributed by atoms with Crippen LogP contribution >= 0.6 is 11.8 Å². The summed E-state index contributed by atoms with van der Waals surface area (Å²) in [5.74, 6) is 3.93. The van der Waals surface area contributed by atoms with E-state index >= 15 is 0 Å². The van der Waals surface area contributed by atoms with Crippen molar-refractivity contribution in [2.24, 2.45) is 0 Å². The van der Waals surface area contributed by atoms with Crippen molar-refractivity contribution in [3.05, 3.63) is 12.4 Å². The fourth-order valence-corrected chi connectivity index (χ4v) is 3.14. The van der Waals surface area contributed by atoms with Gasteiger partial charge in [0.2, 0.25) is 5.88 Å². The van der Waals surface area contributed by atoms with Crippen LogP contribution in [0.5, 0.6) is 5.88 Å². The summed E-state index contributed by atoms with van der Waals surface area (Å²) < 4.78 is 5.84. The molecule has 0 saturated carbocycles. The molecule has 1 N–H and O–H groups in total. The van der Waals surface area contributed by atoms with E-state index < -0.39 is 0 Å². The minimum absolute atomic E-state index is 0.242. The summed E-state index contributed by atoms with van der Waals surface area (Å²) in [6.07, 6.45) is 4.83. The maximum Gasteiger partial charge on any atom is 0.234 e. The number of ether oxygens (including phenoxy) is 1. The van der Waals surface area contributed by atoms with Crippen LogP contribution < -0.4 is 15.0 Å². The number of anilines is 1. The Labute approximate surface area is 111 Å². The highest BCUT2D eigenvalue weighted by atomic mass is 32.2. The predicted molar refractivity (Wildman–Crippen MR) is 73.5 cm³/mol. The smallest absolute Gasteiger partial charge is 0.234 e. The normalized spacial score (nSPS) is 24.2. The highest BCUT2D eigenvalue weighted by molar-refractivity contribution is 7.99. The average Bonchev–Trinajstić information content (AvgIpc) is 2.93. The Bertz CT molecular complexity index is 391. The number of aromatic nitrogens is 2. The number of hydrogen-bond acceptors (Lipinski definition) is 6. The van der Waals surface area contributed by atoms with Gasteiger partial charge in [0, 0.05) is 31.1 Å². The third kappa shape index (κ3) is 2.87. The monoisotopic (exact) mass is 266 g/mol.